The smallest absolute Gasteiger partial charge is 0.349 e. The lowest BCUT2D eigenvalue weighted by Gasteiger charge is -2.06. The standard InChI is InChI=1S/C10H4Cl2N4O5/c11-6-2-1-5(15(17)18)3-8(6)21-9-7(16(19)20)4-13-10(12)14-9/h1-4H. The molecule has 0 fully saturated rings. The minimum absolute atomic E-state index is 0.0182. The Kier molecular flexibility index (Phi) is 4.15. The Hall–Kier alpha value is -2.52. The van der Waals surface area contributed by atoms with Crippen LogP contribution in [0.5, 0.6) is 11.6 Å². The molecule has 0 bridgehead atoms. The van der Waals surface area contributed by atoms with E-state index in [2.05, 4.69) is 9.97 Å². The van der Waals surface area contributed by atoms with Gasteiger partial charge >= 0.3 is 11.6 Å². The maximum atomic E-state index is 10.8. The number of aromatic nitrogens is 2. The molecule has 0 aliphatic carbocycles. The molecular formula is C10H4Cl2N4O5. The molecule has 108 valence electrons. The third-order valence-electron chi connectivity index (χ3n) is 2.24. The highest BCUT2D eigenvalue weighted by Gasteiger charge is 2.21. The highest BCUT2D eigenvalue weighted by atomic mass is 35.5. The molecule has 0 unspecified atom stereocenters. The number of rotatable bonds is 4. The van der Waals surface area contributed by atoms with E-state index in [4.69, 9.17) is 27.9 Å². The predicted octanol–water partition coefficient (Wildman–Crippen LogP) is 3.39. The van der Waals surface area contributed by atoms with Crippen molar-refractivity contribution >= 4 is 34.6 Å². The molecule has 21 heavy (non-hydrogen) atoms. The number of nitrogens with zero attached hydrogens (tertiary/aromatic N) is 4. The van der Waals surface area contributed by atoms with Gasteiger partial charge in [-0.1, -0.05) is 11.6 Å². The SMILES string of the molecule is O=[N+]([O-])c1ccc(Cl)c(Oc2nc(Cl)ncc2[N+](=O)[O-])c1. The van der Waals surface area contributed by atoms with E-state index in [0.717, 1.165) is 18.3 Å². The molecule has 0 N–H and O–H groups in total. The predicted molar refractivity (Wildman–Crippen MR) is 71.9 cm³/mol. The van der Waals surface area contributed by atoms with Crippen LogP contribution in [0.3, 0.4) is 0 Å². The molecular weight excluding hydrogens is 327 g/mol. The van der Waals surface area contributed by atoms with Crippen molar-refractivity contribution in [3.8, 4) is 11.6 Å². The van der Waals surface area contributed by atoms with Crippen molar-refractivity contribution in [3.05, 3.63) is 54.9 Å². The van der Waals surface area contributed by atoms with Crippen LogP contribution in [0.2, 0.25) is 10.3 Å². The van der Waals surface area contributed by atoms with Crippen LogP contribution in [-0.2, 0) is 0 Å². The third-order valence-corrected chi connectivity index (χ3v) is 2.73. The molecule has 0 aliphatic rings. The molecule has 11 heteroatoms. The van der Waals surface area contributed by atoms with Gasteiger partial charge in [-0.05, 0) is 17.7 Å². The van der Waals surface area contributed by atoms with Crippen LogP contribution in [0.4, 0.5) is 11.4 Å². The molecule has 0 saturated heterocycles. The molecule has 1 aromatic heterocycles. The summed E-state index contributed by atoms with van der Waals surface area (Å²) in [5, 5.41) is 21.3. The van der Waals surface area contributed by atoms with Gasteiger partial charge in [-0.2, -0.15) is 4.98 Å². The summed E-state index contributed by atoms with van der Waals surface area (Å²) in [6.07, 6.45) is 0.857. The fourth-order valence-electron chi connectivity index (χ4n) is 1.33. The first-order chi connectivity index (χ1) is 9.88. The largest absolute Gasteiger partial charge is 0.432 e. The molecule has 1 heterocycles. The van der Waals surface area contributed by atoms with Crippen LogP contribution in [0, 0.1) is 20.2 Å². The van der Waals surface area contributed by atoms with Gasteiger partial charge in [0.2, 0.25) is 5.28 Å². The zero-order chi connectivity index (χ0) is 15.6. The van der Waals surface area contributed by atoms with Crippen molar-refractivity contribution in [2.24, 2.45) is 0 Å². The van der Waals surface area contributed by atoms with Crippen LogP contribution in [0.1, 0.15) is 0 Å². The number of non-ortho nitro benzene ring substituents is 1. The first kappa shape index (κ1) is 14.9. The van der Waals surface area contributed by atoms with E-state index >= 15 is 0 Å². The van der Waals surface area contributed by atoms with Gasteiger partial charge in [-0.15, -0.1) is 0 Å². The average Bonchev–Trinajstić information content (AvgIpc) is 2.40. The summed E-state index contributed by atoms with van der Waals surface area (Å²) < 4.78 is 5.16. The first-order valence-electron chi connectivity index (χ1n) is 5.17. The quantitative estimate of drug-likeness (QED) is 0.478. The number of ether oxygens (including phenoxy) is 1. The maximum absolute atomic E-state index is 10.8. The second-order valence-corrected chi connectivity index (χ2v) is 4.31. The minimum atomic E-state index is -0.781. The third kappa shape index (κ3) is 3.33. The summed E-state index contributed by atoms with van der Waals surface area (Å²) in [5.41, 5.74) is -0.848. The molecule has 0 aliphatic heterocycles. The number of halogens is 2. The van der Waals surface area contributed by atoms with Crippen LogP contribution in [0.15, 0.2) is 24.4 Å². The Balaban J connectivity index is 2.47. The summed E-state index contributed by atoms with van der Waals surface area (Å²) in [7, 11) is 0. The van der Waals surface area contributed by atoms with Crippen LogP contribution < -0.4 is 4.74 Å². The summed E-state index contributed by atoms with van der Waals surface area (Å²) in [4.78, 5) is 27.1. The van der Waals surface area contributed by atoms with E-state index in [1.54, 1.807) is 0 Å². The molecule has 2 rings (SSSR count). The molecule has 0 saturated carbocycles. The van der Waals surface area contributed by atoms with Gasteiger partial charge in [0.1, 0.15) is 6.20 Å². The van der Waals surface area contributed by atoms with E-state index in [9.17, 15) is 20.2 Å². The lowest BCUT2D eigenvalue weighted by atomic mass is 10.3. The summed E-state index contributed by atoms with van der Waals surface area (Å²) in [6.45, 7) is 0. The first-order valence-corrected chi connectivity index (χ1v) is 5.93. The normalized spacial score (nSPS) is 10.2. The molecule has 2 aromatic rings. The van der Waals surface area contributed by atoms with E-state index in [1.165, 1.54) is 6.07 Å². The highest BCUT2D eigenvalue weighted by Crippen LogP contribution is 2.35. The summed E-state index contributed by atoms with van der Waals surface area (Å²) >= 11 is 11.4. The van der Waals surface area contributed by atoms with Crippen LogP contribution >= 0.6 is 23.2 Å². The molecule has 0 spiro atoms. The lowest BCUT2D eigenvalue weighted by Crippen LogP contribution is -1.98. The van der Waals surface area contributed by atoms with E-state index in [-0.39, 0.29) is 21.7 Å². The zero-order valence-corrected chi connectivity index (χ0v) is 11.4. The number of hydrogen-bond donors (Lipinski definition) is 0. The summed E-state index contributed by atoms with van der Waals surface area (Å²) in [6, 6.07) is 3.41. The van der Waals surface area contributed by atoms with Crippen molar-refractivity contribution in [1.29, 1.82) is 0 Å². The fraction of sp³-hybridized carbons (Fsp3) is 0. The van der Waals surface area contributed by atoms with Crippen molar-refractivity contribution in [1.82, 2.24) is 9.97 Å². The molecule has 0 amide bonds. The molecule has 1 aromatic carbocycles. The summed E-state index contributed by atoms with van der Waals surface area (Å²) in [5.74, 6) is -0.633. The van der Waals surface area contributed by atoms with E-state index in [0.29, 0.717) is 0 Å². The fourth-order valence-corrected chi connectivity index (χ4v) is 1.61. The minimum Gasteiger partial charge on any atom is -0.432 e. The van der Waals surface area contributed by atoms with Gasteiger partial charge in [0.25, 0.3) is 5.69 Å². The van der Waals surface area contributed by atoms with Gasteiger partial charge in [-0.25, -0.2) is 4.98 Å². The maximum Gasteiger partial charge on any atom is 0.349 e. The Bertz CT molecular complexity index is 739. The monoisotopic (exact) mass is 330 g/mol. The second-order valence-electron chi connectivity index (χ2n) is 3.56. The Morgan fingerprint density at radius 2 is 1.86 bits per heavy atom. The number of benzene rings is 1. The van der Waals surface area contributed by atoms with Gasteiger partial charge in [0.15, 0.2) is 5.75 Å². The lowest BCUT2D eigenvalue weighted by molar-refractivity contribution is -0.386. The Labute approximate surface area is 126 Å². The number of nitro benzene ring substituents is 1. The van der Waals surface area contributed by atoms with Crippen LogP contribution in [-0.4, -0.2) is 19.8 Å². The number of hydrogen-bond acceptors (Lipinski definition) is 7. The van der Waals surface area contributed by atoms with Crippen LogP contribution in [0.25, 0.3) is 0 Å². The van der Waals surface area contributed by atoms with Crippen molar-refractivity contribution in [3.63, 3.8) is 0 Å². The topological polar surface area (TPSA) is 121 Å². The molecule has 9 nitrogen and oxygen atoms in total. The van der Waals surface area contributed by atoms with E-state index < -0.39 is 21.4 Å². The molecule has 0 radical (unpaired) electrons. The van der Waals surface area contributed by atoms with E-state index in [1.807, 2.05) is 0 Å². The van der Waals surface area contributed by atoms with Gasteiger partial charge < -0.3 is 4.74 Å². The molecule has 0 atom stereocenters. The number of nitro groups is 2. The average molecular weight is 331 g/mol. The highest BCUT2D eigenvalue weighted by molar-refractivity contribution is 6.32. The van der Waals surface area contributed by atoms with Gasteiger partial charge in [-0.3, -0.25) is 20.2 Å². The second kappa shape index (κ2) is 5.85. The van der Waals surface area contributed by atoms with Crippen molar-refractivity contribution < 1.29 is 14.6 Å². The van der Waals surface area contributed by atoms with Crippen molar-refractivity contribution in [2.45, 2.75) is 0 Å². The zero-order valence-electron chi connectivity index (χ0n) is 9.90. The van der Waals surface area contributed by atoms with Crippen molar-refractivity contribution in [2.75, 3.05) is 0 Å². The Morgan fingerprint density at radius 3 is 2.48 bits per heavy atom. The van der Waals surface area contributed by atoms with Gasteiger partial charge in [0.05, 0.1) is 20.9 Å². The van der Waals surface area contributed by atoms with Gasteiger partial charge in [0, 0.05) is 6.07 Å². The Morgan fingerprint density at radius 1 is 1.14 bits per heavy atom.